The van der Waals surface area contributed by atoms with E-state index in [2.05, 4.69) is 16.0 Å². The molecule has 4 N–H and O–H groups in total. The fourth-order valence-electron chi connectivity index (χ4n) is 5.19. The van der Waals surface area contributed by atoms with E-state index < -0.39 is 12.0 Å². The van der Waals surface area contributed by atoms with E-state index in [1.807, 2.05) is 17.5 Å². The number of piperidine rings is 2. The maximum Gasteiger partial charge on any atom is 0.305 e. The van der Waals surface area contributed by atoms with Crippen molar-refractivity contribution >= 4 is 74.4 Å². The highest BCUT2D eigenvalue weighted by molar-refractivity contribution is 7.18. The van der Waals surface area contributed by atoms with Crippen LogP contribution in [-0.2, 0) is 19.2 Å². The number of amides is 3. The summed E-state index contributed by atoms with van der Waals surface area (Å²) in [6, 6.07) is 3.13. The number of benzene rings is 1. The Hall–Kier alpha value is -2.66. The summed E-state index contributed by atoms with van der Waals surface area (Å²) in [5, 5.41) is 21.9. The molecule has 9 nitrogen and oxygen atoms in total. The second kappa shape index (κ2) is 14.3. The zero-order valence-corrected chi connectivity index (χ0v) is 24.4. The number of fused-ring (bicyclic) bond motifs is 1. The fourth-order valence-corrected chi connectivity index (χ4v) is 6.63. The van der Waals surface area contributed by atoms with Crippen LogP contribution in [0.15, 0.2) is 23.6 Å². The predicted octanol–water partition coefficient (Wildman–Crippen LogP) is 3.93. The van der Waals surface area contributed by atoms with E-state index in [9.17, 15) is 24.3 Å². The molecule has 1 aromatic heterocycles. The number of thiophene rings is 1. The highest BCUT2D eigenvalue weighted by Crippen LogP contribution is 2.37. The Kier molecular flexibility index (Phi) is 10.8. The maximum absolute atomic E-state index is 12.9. The average molecular weight is 610 g/mol. The topological polar surface area (TPSA) is 128 Å². The summed E-state index contributed by atoms with van der Waals surface area (Å²) in [5.41, 5.74) is 0.659. The number of carbonyl (C=O) groups excluding carboxylic acids is 3. The van der Waals surface area contributed by atoms with Crippen molar-refractivity contribution in [2.24, 2.45) is 11.8 Å². The summed E-state index contributed by atoms with van der Waals surface area (Å²) < 4.78 is 0.903. The number of likely N-dealkylation sites (tertiary alicyclic amines) is 1. The molecule has 0 bridgehead atoms. The zero-order valence-electron chi connectivity index (χ0n) is 22.1. The molecule has 0 spiro atoms. The van der Waals surface area contributed by atoms with Crippen molar-refractivity contribution in [3.63, 3.8) is 0 Å². The number of hydrogen-bond acceptors (Lipinski definition) is 6. The van der Waals surface area contributed by atoms with Crippen LogP contribution in [0.4, 0.5) is 0 Å². The van der Waals surface area contributed by atoms with Gasteiger partial charge >= 0.3 is 5.97 Å². The molecule has 0 saturated carbocycles. The largest absolute Gasteiger partial charge is 0.481 e. The summed E-state index contributed by atoms with van der Waals surface area (Å²) in [6.07, 6.45) is 6.14. The Morgan fingerprint density at radius 1 is 1.18 bits per heavy atom. The number of aliphatic carboxylic acids is 1. The van der Waals surface area contributed by atoms with Crippen LogP contribution in [0.3, 0.4) is 0 Å². The van der Waals surface area contributed by atoms with Gasteiger partial charge in [0.1, 0.15) is 0 Å². The minimum Gasteiger partial charge on any atom is -0.481 e. The van der Waals surface area contributed by atoms with E-state index in [1.165, 1.54) is 17.4 Å². The first-order valence-corrected chi connectivity index (χ1v) is 15.2. The number of carboxylic acids is 1. The third kappa shape index (κ3) is 8.19. The molecule has 0 unspecified atom stereocenters. The van der Waals surface area contributed by atoms with Gasteiger partial charge in [-0.1, -0.05) is 23.2 Å². The van der Waals surface area contributed by atoms with Crippen LogP contribution < -0.4 is 16.0 Å². The number of rotatable bonds is 10. The minimum absolute atomic E-state index is 0.0584. The molecule has 1 aromatic carbocycles. The molecular formula is C28H34Cl2N4O5S. The molecule has 0 aliphatic carbocycles. The molecule has 40 heavy (non-hydrogen) atoms. The van der Waals surface area contributed by atoms with Crippen LogP contribution >= 0.6 is 34.5 Å². The van der Waals surface area contributed by atoms with Gasteiger partial charge in [0.2, 0.25) is 17.7 Å². The molecule has 2 atom stereocenters. The molecule has 3 heterocycles. The molecule has 4 rings (SSSR count). The Labute approximate surface area is 247 Å². The summed E-state index contributed by atoms with van der Waals surface area (Å²) in [6.45, 7) is 2.62. The van der Waals surface area contributed by atoms with Crippen molar-refractivity contribution in [1.82, 2.24) is 20.9 Å². The van der Waals surface area contributed by atoms with Crippen LogP contribution in [0.25, 0.3) is 16.2 Å². The van der Waals surface area contributed by atoms with Crippen LogP contribution in [-0.4, -0.2) is 72.5 Å². The molecule has 2 fully saturated rings. The summed E-state index contributed by atoms with van der Waals surface area (Å²) in [7, 11) is 0. The van der Waals surface area contributed by atoms with E-state index in [1.54, 1.807) is 11.0 Å². The van der Waals surface area contributed by atoms with Gasteiger partial charge in [0.05, 0.1) is 27.2 Å². The first kappa shape index (κ1) is 30.3. The van der Waals surface area contributed by atoms with Crippen molar-refractivity contribution in [2.45, 2.75) is 44.6 Å². The normalized spacial score (nSPS) is 19.1. The number of hydrogen-bond donors (Lipinski definition) is 4. The van der Waals surface area contributed by atoms with Crippen molar-refractivity contribution < 1.29 is 24.3 Å². The molecule has 2 aromatic rings. The number of nitrogens with one attached hydrogen (secondary N) is 3. The van der Waals surface area contributed by atoms with E-state index in [0.717, 1.165) is 36.0 Å². The van der Waals surface area contributed by atoms with Crippen LogP contribution in [0.1, 0.15) is 44.1 Å². The van der Waals surface area contributed by atoms with Crippen molar-refractivity contribution in [2.75, 3.05) is 32.7 Å². The quantitative estimate of drug-likeness (QED) is 0.303. The molecule has 2 saturated heterocycles. The summed E-state index contributed by atoms with van der Waals surface area (Å²) in [5.74, 6) is -1.72. The van der Waals surface area contributed by atoms with Crippen LogP contribution in [0.2, 0.25) is 10.0 Å². The SMILES string of the molecule is O=C(O)C[C@H](CNC(=O)C[C@@H]1CCCNC1)NC(=O)C1CCN(C(=O)/C=C/c2cc3ccsc3c(Cl)c2Cl)CC1. The van der Waals surface area contributed by atoms with E-state index in [-0.39, 0.29) is 42.5 Å². The Morgan fingerprint density at radius 2 is 1.95 bits per heavy atom. The van der Waals surface area contributed by atoms with Gasteiger partial charge in [-0.05, 0) is 79.2 Å². The number of carbonyl (C=O) groups is 4. The lowest BCUT2D eigenvalue weighted by Crippen LogP contribution is -2.49. The smallest absolute Gasteiger partial charge is 0.305 e. The van der Waals surface area contributed by atoms with Crippen molar-refractivity contribution in [1.29, 1.82) is 0 Å². The van der Waals surface area contributed by atoms with Gasteiger partial charge < -0.3 is 26.0 Å². The van der Waals surface area contributed by atoms with Gasteiger partial charge in [0.25, 0.3) is 0 Å². The second-order valence-corrected chi connectivity index (χ2v) is 12.1. The standard InChI is InChI=1S/C28H34Cl2N4O5S/c29-25-19(13-20-7-11-40-27(20)26(25)30)3-4-23(36)34-9-5-18(6-10-34)28(39)33-21(14-24(37)38)16-32-22(35)12-17-2-1-8-31-15-17/h3-4,7,11,13,17-18,21,31H,1-2,5-6,8-10,12,14-16H2,(H,32,35)(H,33,39)(H,37,38)/b4-3+/t17-,21+/m0/s1. The van der Waals surface area contributed by atoms with Gasteiger partial charge in [0, 0.05) is 38.0 Å². The van der Waals surface area contributed by atoms with Crippen LogP contribution in [0.5, 0.6) is 0 Å². The number of halogens is 2. The highest BCUT2D eigenvalue weighted by Gasteiger charge is 2.29. The van der Waals surface area contributed by atoms with Gasteiger partial charge in [-0.3, -0.25) is 19.2 Å². The van der Waals surface area contributed by atoms with Crippen molar-refractivity contribution in [3.05, 3.63) is 39.2 Å². The fraction of sp³-hybridized carbons (Fsp3) is 0.500. The monoisotopic (exact) mass is 608 g/mol. The summed E-state index contributed by atoms with van der Waals surface area (Å²) in [4.78, 5) is 51.1. The molecule has 2 aliphatic rings. The molecule has 216 valence electrons. The van der Waals surface area contributed by atoms with Gasteiger partial charge in [-0.15, -0.1) is 11.3 Å². The predicted molar refractivity (Wildman–Crippen MR) is 158 cm³/mol. The van der Waals surface area contributed by atoms with Crippen LogP contribution in [0, 0.1) is 11.8 Å². The lowest BCUT2D eigenvalue weighted by Gasteiger charge is -2.31. The minimum atomic E-state index is -1.05. The molecule has 2 aliphatic heterocycles. The van der Waals surface area contributed by atoms with E-state index in [0.29, 0.717) is 48.0 Å². The lowest BCUT2D eigenvalue weighted by molar-refractivity contribution is -0.138. The summed E-state index contributed by atoms with van der Waals surface area (Å²) >= 11 is 14.3. The van der Waals surface area contributed by atoms with Gasteiger partial charge in [-0.25, -0.2) is 0 Å². The first-order chi connectivity index (χ1) is 19.2. The Bertz CT molecular complexity index is 1270. The lowest BCUT2D eigenvalue weighted by atomic mass is 9.95. The second-order valence-electron chi connectivity index (χ2n) is 10.4. The molecule has 3 amide bonds. The Balaban J connectivity index is 1.25. The highest BCUT2D eigenvalue weighted by atomic mass is 35.5. The molecule has 12 heteroatoms. The van der Waals surface area contributed by atoms with E-state index in [4.69, 9.17) is 23.2 Å². The zero-order chi connectivity index (χ0) is 28.6. The third-order valence-electron chi connectivity index (χ3n) is 7.42. The first-order valence-electron chi connectivity index (χ1n) is 13.5. The van der Waals surface area contributed by atoms with Crippen molar-refractivity contribution in [3.8, 4) is 0 Å². The molecule has 0 radical (unpaired) electrons. The van der Waals surface area contributed by atoms with Gasteiger partial charge in [0.15, 0.2) is 0 Å². The van der Waals surface area contributed by atoms with E-state index >= 15 is 0 Å². The van der Waals surface area contributed by atoms with Gasteiger partial charge in [-0.2, -0.15) is 0 Å². The number of nitrogens with zero attached hydrogens (tertiary/aromatic N) is 1. The number of carboxylic acid groups (broad SMARTS) is 1. The Morgan fingerprint density at radius 3 is 2.65 bits per heavy atom. The average Bonchev–Trinajstić information content (AvgIpc) is 3.42. The molecular weight excluding hydrogens is 575 g/mol. The maximum atomic E-state index is 12.9. The third-order valence-corrected chi connectivity index (χ3v) is 9.36.